The van der Waals surface area contributed by atoms with Crippen molar-refractivity contribution in [3.05, 3.63) is 83.7 Å². The highest BCUT2D eigenvalue weighted by atomic mass is 16.3. The number of nitrogens with zero attached hydrogens (tertiary/aromatic N) is 4. The SMILES string of the molecule is Cc1cc(C)n(CC(O)CN(Cc2ccc3ccccc3n2)Cc2ccco2)n1. The summed E-state index contributed by atoms with van der Waals surface area (Å²) in [6, 6.07) is 18.1. The van der Waals surface area contributed by atoms with Gasteiger partial charge in [-0.15, -0.1) is 0 Å². The molecule has 6 heteroatoms. The Bertz CT molecular complexity index is 1070. The zero-order chi connectivity index (χ0) is 20.2. The first-order valence-corrected chi connectivity index (χ1v) is 9.85. The predicted octanol–water partition coefficient (Wildman–Crippen LogP) is 3.70. The molecule has 0 saturated carbocycles. The van der Waals surface area contributed by atoms with Crippen molar-refractivity contribution in [2.75, 3.05) is 6.54 Å². The van der Waals surface area contributed by atoms with E-state index in [1.165, 1.54) is 0 Å². The van der Waals surface area contributed by atoms with Crippen molar-refractivity contribution < 1.29 is 9.52 Å². The molecule has 0 saturated heterocycles. The van der Waals surface area contributed by atoms with E-state index in [2.05, 4.69) is 22.1 Å². The molecule has 0 aliphatic rings. The highest BCUT2D eigenvalue weighted by molar-refractivity contribution is 5.78. The van der Waals surface area contributed by atoms with E-state index in [4.69, 9.17) is 9.40 Å². The molecular weight excluding hydrogens is 364 g/mol. The lowest BCUT2D eigenvalue weighted by atomic mass is 10.2. The standard InChI is InChI=1S/C23H26N4O2/c1-17-12-18(2)27(25-17)15-21(28)14-26(16-22-7-5-11-29-22)13-20-10-9-19-6-3-4-8-23(19)24-20/h3-12,21,28H,13-16H2,1-2H3. The molecule has 6 nitrogen and oxygen atoms in total. The second-order valence-corrected chi connectivity index (χ2v) is 7.51. The molecule has 29 heavy (non-hydrogen) atoms. The van der Waals surface area contributed by atoms with Gasteiger partial charge in [-0.05, 0) is 44.2 Å². The molecule has 0 aliphatic carbocycles. The van der Waals surface area contributed by atoms with Crippen LogP contribution in [0.15, 0.2) is 65.3 Å². The molecule has 3 aromatic heterocycles. The fraction of sp³-hybridized carbons (Fsp3) is 0.304. The maximum Gasteiger partial charge on any atom is 0.117 e. The first-order valence-electron chi connectivity index (χ1n) is 9.85. The summed E-state index contributed by atoms with van der Waals surface area (Å²) < 4.78 is 7.39. The lowest BCUT2D eigenvalue weighted by Crippen LogP contribution is -2.34. The van der Waals surface area contributed by atoms with Crippen LogP contribution in [-0.4, -0.2) is 37.4 Å². The van der Waals surface area contributed by atoms with Gasteiger partial charge in [-0.3, -0.25) is 14.6 Å². The predicted molar refractivity (Wildman–Crippen MR) is 112 cm³/mol. The summed E-state index contributed by atoms with van der Waals surface area (Å²) >= 11 is 0. The highest BCUT2D eigenvalue weighted by Crippen LogP contribution is 2.15. The summed E-state index contributed by atoms with van der Waals surface area (Å²) in [6.45, 7) is 6.15. The van der Waals surface area contributed by atoms with Gasteiger partial charge in [-0.1, -0.05) is 24.3 Å². The number of aliphatic hydroxyl groups excluding tert-OH is 1. The summed E-state index contributed by atoms with van der Waals surface area (Å²) in [4.78, 5) is 6.94. The second kappa shape index (κ2) is 8.59. The minimum absolute atomic E-state index is 0.458. The summed E-state index contributed by atoms with van der Waals surface area (Å²) in [5.74, 6) is 0.865. The maximum atomic E-state index is 10.7. The number of hydrogen-bond donors (Lipinski definition) is 1. The van der Waals surface area contributed by atoms with Crippen molar-refractivity contribution in [3.63, 3.8) is 0 Å². The smallest absolute Gasteiger partial charge is 0.117 e. The Balaban J connectivity index is 1.49. The van der Waals surface area contributed by atoms with Crippen LogP contribution in [0, 0.1) is 13.8 Å². The summed E-state index contributed by atoms with van der Waals surface area (Å²) in [6.07, 6.45) is 1.12. The molecule has 1 N–H and O–H groups in total. The van der Waals surface area contributed by atoms with E-state index >= 15 is 0 Å². The minimum Gasteiger partial charge on any atom is -0.468 e. The minimum atomic E-state index is -0.552. The topological polar surface area (TPSA) is 67.3 Å². The first kappa shape index (κ1) is 19.4. The van der Waals surface area contributed by atoms with Gasteiger partial charge in [0, 0.05) is 24.2 Å². The number of hydrogen-bond acceptors (Lipinski definition) is 5. The number of pyridine rings is 1. The Labute approximate surface area is 170 Å². The molecule has 0 radical (unpaired) electrons. The Kier molecular flexibility index (Phi) is 5.74. The number of para-hydroxylation sites is 1. The Morgan fingerprint density at radius 1 is 1.07 bits per heavy atom. The van der Waals surface area contributed by atoms with Gasteiger partial charge in [-0.2, -0.15) is 5.10 Å². The summed E-state index contributed by atoms with van der Waals surface area (Å²) in [5, 5.41) is 16.3. The zero-order valence-corrected chi connectivity index (χ0v) is 16.8. The monoisotopic (exact) mass is 390 g/mol. The average molecular weight is 390 g/mol. The van der Waals surface area contributed by atoms with Crippen LogP contribution in [0.5, 0.6) is 0 Å². The number of fused-ring (bicyclic) bond motifs is 1. The van der Waals surface area contributed by atoms with Gasteiger partial charge in [0.15, 0.2) is 0 Å². The van der Waals surface area contributed by atoms with E-state index in [0.29, 0.717) is 26.2 Å². The lowest BCUT2D eigenvalue weighted by Gasteiger charge is -2.24. The molecule has 150 valence electrons. The van der Waals surface area contributed by atoms with E-state index in [-0.39, 0.29) is 0 Å². The van der Waals surface area contributed by atoms with Crippen LogP contribution in [0.2, 0.25) is 0 Å². The van der Waals surface area contributed by atoms with Crippen molar-refractivity contribution in [1.29, 1.82) is 0 Å². The van der Waals surface area contributed by atoms with Crippen LogP contribution >= 0.6 is 0 Å². The van der Waals surface area contributed by atoms with E-state index in [1.54, 1.807) is 6.26 Å². The van der Waals surface area contributed by atoms with Crippen LogP contribution in [0.4, 0.5) is 0 Å². The molecular formula is C23H26N4O2. The Hall–Kier alpha value is -2.96. The molecule has 4 aromatic rings. The van der Waals surface area contributed by atoms with Gasteiger partial charge in [0.2, 0.25) is 0 Å². The highest BCUT2D eigenvalue weighted by Gasteiger charge is 2.17. The molecule has 1 atom stereocenters. The number of aromatic nitrogens is 3. The van der Waals surface area contributed by atoms with Gasteiger partial charge in [-0.25, -0.2) is 0 Å². The van der Waals surface area contributed by atoms with E-state index < -0.39 is 6.10 Å². The fourth-order valence-corrected chi connectivity index (χ4v) is 3.65. The zero-order valence-electron chi connectivity index (χ0n) is 16.8. The van der Waals surface area contributed by atoms with Crippen molar-refractivity contribution in [3.8, 4) is 0 Å². The van der Waals surface area contributed by atoms with Crippen molar-refractivity contribution in [1.82, 2.24) is 19.7 Å². The van der Waals surface area contributed by atoms with Crippen molar-refractivity contribution in [2.24, 2.45) is 0 Å². The Morgan fingerprint density at radius 2 is 1.93 bits per heavy atom. The molecule has 1 unspecified atom stereocenters. The molecule has 0 amide bonds. The van der Waals surface area contributed by atoms with Gasteiger partial charge in [0.25, 0.3) is 0 Å². The lowest BCUT2D eigenvalue weighted by molar-refractivity contribution is 0.0833. The normalized spacial score (nSPS) is 12.7. The van der Waals surface area contributed by atoms with Crippen molar-refractivity contribution >= 4 is 10.9 Å². The first-order chi connectivity index (χ1) is 14.1. The molecule has 0 fully saturated rings. The number of furan rings is 1. The third-order valence-electron chi connectivity index (χ3n) is 4.96. The molecule has 1 aromatic carbocycles. The van der Waals surface area contributed by atoms with Crippen LogP contribution in [0.25, 0.3) is 10.9 Å². The summed E-state index contributed by atoms with van der Waals surface area (Å²) in [5.41, 5.74) is 3.96. The average Bonchev–Trinajstić information content (AvgIpc) is 3.31. The van der Waals surface area contributed by atoms with Gasteiger partial charge < -0.3 is 9.52 Å². The Morgan fingerprint density at radius 3 is 2.69 bits per heavy atom. The van der Waals surface area contributed by atoms with E-state index in [9.17, 15) is 5.11 Å². The molecule has 0 spiro atoms. The second-order valence-electron chi connectivity index (χ2n) is 7.51. The van der Waals surface area contributed by atoms with Gasteiger partial charge in [0.1, 0.15) is 5.76 Å². The van der Waals surface area contributed by atoms with Crippen LogP contribution in [-0.2, 0) is 19.6 Å². The van der Waals surface area contributed by atoms with Crippen molar-refractivity contribution in [2.45, 2.75) is 39.6 Å². The van der Waals surface area contributed by atoms with Crippen LogP contribution in [0.3, 0.4) is 0 Å². The third kappa shape index (κ3) is 4.91. The van der Waals surface area contributed by atoms with Gasteiger partial charge in [0.05, 0.1) is 42.4 Å². The quantitative estimate of drug-likeness (QED) is 0.497. The number of rotatable bonds is 8. The maximum absolute atomic E-state index is 10.7. The number of benzene rings is 1. The molecule has 4 rings (SSSR count). The van der Waals surface area contributed by atoms with Crippen LogP contribution in [0.1, 0.15) is 22.8 Å². The summed E-state index contributed by atoms with van der Waals surface area (Å²) in [7, 11) is 0. The largest absolute Gasteiger partial charge is 0.468 e. The van der Waals surface area contributed by atoms with Gasteiger partial charge >= 0.3 is 0 Å². The third-order valence-corrected chi connectivity index (χ3v) is 4.96. The van der Waals surface area contributed by atoms with E-state index in [0.717, 1.165) is 33.7 Å². The van der Waals surface area contributed by atoms with Crippen LogP contribution < -0.4 is 0 Å². The molecule has 0 aliphatic heterocycles. The fourth-order valence-electron chi connectivity index (χ4n) is 3.65. The number of aryl methyl sites for hydroxylation is 2. The molecule has 0 bridgehead atoms. The number of aliphatic hydroxyl groups is 1. The van der Waals surface area contributed by atoms with E-state index in [1.807, 2.05) is 61.0 Å². The molecule has 3 heterocycles.